The molecular formula is BiCsF4. The van der Waals surface area contributed by atoms with E-state index >= 15 is 0 Å². The van der Waals surface area contributed by atoms with Gasteiger partial charge in [0.2, 0.25) is 0 Å². The van der Waals surface area contributed by atoms with Crippen LogP contribution in [0.15, 0.2) is 0 Å². The van der Waals surface area contributed by atoms with E-state index in [9.17, 15) is 0 Å². The molecule has 0 rings (SSSR count). The van der Waals surface area contributed by atoms with Crippen molar-refractivity contribution in [2.45, 2.75) is 0 Å². The summed E-state index contributed by atoms with van der Waals surface area (Å²) in [6, 6.07) is 0. The number of hydrogen-bond acceptors (Lipinski definition) is 0. The molecule has 0 atom stereocenters. The van der Waals surface area contributed by atoms with Crippen molar-refractivity contribution in [1.29, 1.82) is 0 Å². The van der Waals surface area contributed by atoms with Crippen LogP contribution in [0.5, 0.6) is 0 Å². The van der Waals surface area contributed by atoms with Crippen LogP contribution >= 0.6 is 0 Å². The summed E-state index contributed by atoms with van der Waals surface area (Å²) in [5.41, 5.74) is 0. The van der Waals surface area contributed by atoms with E-state index < -0.39 is 0 Å². The van der Waals surface area contributed by atoms with Crippen LogP contribution in [0.1, 0.15) is 0 Å². The van der Waals surface area contributed by atoms with E-state index in [1.165, 1.54) is 0 Å². The van der Waals surface area contributed by atoms with E-state index in [2.05, 4.69) is 0 Å². The monoisotopic (exact) mass is 418 g/mol. The first-order valence-electron chi connectivity index (χ1n) is 0. The zero-order chi connectivity index (χ0) is 0. The van der Waals surface area contributed by atoms with Crippen molar-refractivity contribution in [3.05, 3.63) is 0 Å². The molecule has 0 spiro atoms. The normalized spacial score (nSPS) is 0. The standard InChI is InChI=1S/Bi.Cs.4FH/h;;4*1H/q+3;+1;;;;/p-4. The van der Waals surface area contributed by atoms with Crippen molar-refractivity contribution in [1.82, 2.24) is 0 Å². The molecule has 0 fully saturated rings. The van der Waals surface area contributed by atoms with Crippen LogP contribution in [0.4, 0.5) is 0 Å². The fraction of sp³-hybridized carbons (Fsp3) is 0. The Morgan fingerprint density at radius 2 is 0.500 bits per heavy atom. The first kappa shape index (κ1) is 71.9. The largest absolute Gasteiger partial charge is 3.00 e. The van der Waals surface area contributed by atoms with Crippen molar-refractivity contribution >= 4 is 26.2 Å². The average molecular weight is 418 g/mol. The molecule has 0 aromatic rings. The summed E-state index contributed by atoms with van der Waals surface area (Å²) < 4.78 is 0. The molecule has 2 radical (unpaired) electrons. The van der Waals surface area contributed by atoms with Gasteiger partial charge in [-0.1, -0.05) is 0 Å². The third-order valence-electron chi connectivity index (χ3n) is 0. The fourth-order valence-electron chi connectivity index (χ4n) is 0. The second-order valence-electron chi connectivity index (χ2n) is 0. The molecule has 0 bridgehead atoms. The number of hydrogen-bond donors (Lipinski definition) is 0. The third-order valence-corrected chi connectivity index (χ3v) is 0. The molecule has 0 saturated carbocycles. The van der Waals surface area contributed by atoms with Gasteiger partial charge in [0.25, 0.3) is 0 Å². The van der Waals surface area contributed by atoms with Gasteiger partial charge in [-0.05, 0) is 0 Å². The Labute approximate surface area is 111 Å². The van der Waals surface area contributed by atoms with E-state index in [4.69, 9.17) is 0 Å². The molecule has 0 aromatic heterocycles. The zero-order valence-electron chi connectivity index (χ0n) is 2.96. The quantitative estimate of drug-likeness (QED) is 0.271. The van der Waals surface area contributed by atoms with Crippen molar-refractivity contribution < 1.29 is 87.7 Å². The predicted molar refractivity (Wildman–Crippen MR) is 5.75 cm³/mol. The van der Waals surface area contributed by atoms with Crippen LogP contribution in [-0.4, -0.2) is 26.2 Å². The second-order valence-corrected chi connectivity index (χ2v) is 0. The van der Waals surface area contributed by atoms with E-state index in [1.807, 2.05) is 0 Å². The summed E-state index contributed by atoms with van der Waals surface area (Å²) >= 11 is 0. The van der Waals surface area contributed by atoms with Crippen molar-refractivity contribution in [3.8, 4) is 0 Å². The Hall–Kier alpha value is 2.66. The predicted octanol–water partition coefficient (Wildman–Crippen LogP) is -15.4. The zero-order valence-corrected chi connectivity index (χ0v) is 12.7. The molecular weight excluding hydrogens is 418 g/mol. The van der Waals surface area contributed by atoms with Crippen LogP contribution in [0.25, 0.3) is 0 Å². The Bertz CT molecular complexity index is 7.51. The maximum Gasteiger partial charge on any atom is 3.00 e. The number of rotatable bonds is 0. The number of halogens is 4. The van der Waals surface area contributed by atoms with Crippen molar-refractivity contribution in [3.63, 3.8) is 0 Å². The molecule has 0 nitrogen and oxygen atoms in total. The van der Waals surface area contributed by atoms with Crippen LogP contribution in [0.3, 0.4) is 0 Å². The molecule has 6 heavy (non-hydrogen) atoms. The van der Waals surface area contributed by atoms with Crippen LogP contribution < -0.4 is 87.7 Å². The van der Waals surface area contributed by atoms with Gasteiger partial charge in [-0.15, -0.1) is 0 Å². The molecule has 0 aliphatic rings. The van der Waals surface area contributed by atoms with Crippen molar-refractivity contribution in [2.75, 3.05) is 0 Å². The van der Waals surface area contributed by atoms with Gasteiger partial charge in [-0.2, -0.15) is 0 Å². The Morgan fingerprint density at radius 1 is 0.500 bits per heavy atom. The van der Waals surface area contributed by atoms with E-state index in [0.29, 0.717) is 0 Å². The summed E-state index contributed by atoms with van der Waals surface area (Å²) in [5.74, 6) is 0. The van der Waals surface area contributed by atoms with Crippen LogP contribution in [-0.2, 0) is 0 Å². The summed E-state index contributed by atoms with van der Waals surface area (Å²) in [7, 11) is 0. The second kappa shape index (κ2) is 48.1. The first-order valence-corrected chi connectivity index (χ1v) is 0. The topological polar surface area (TPSA) is 0 Å². The minimum absolute atomic E-state index is 0. The molecule has 0 aromatic carbocycles. The van der Waals surface area contributed by atoms with Gasteiger partial charge in [-0.25, -0.2) is 0 Å². The van der Waals surface area contributed by atoms with E-state index in [1.54, 1.807) is 0 Å². The summed E-state index contributed by atoms with van der Waals surface area (Å²) in [5, 5.41) is 0. The van der Waals surface area contributed by atoms with Gasteiger partial charge in [0, 0.05) is 0 Å². The van der Waals surface area contributed by atoms with Gasteiger partial charge < -0.3 is 18.8 Å². The van der Waals surface area contributed by atoms with E-state index in [-0.39, 0.29) is 114 Å². The maximum atomic E-state index is 0. The molecule has 34 valence electrons. The molecule has 0 saturated heterocycles. The average Bonchev–Trinajstić information content (AvgIpc) is 0. The van der Waals surface area contributed by atoms with Gasteiger partial charge in [-0.3, -0.25) is 0 Å². The summed E-state index contributed by atoms with van der Waals surface area (Å²) in [6.07, 6.45) is 0. The van der Waals surface area contributed by atoms with Gasteiger partial charge in [0.15, 0.2) is 0 Å². The summed E-state index contributed by atoms with van der Waals surface area (Å²) in [6.45, 7) is 0. The summed E-state index contributed by atoms with van der Waals surface area (Å²) in [4.78, 5) is 0. The fourth-order valence-corrected chi connectivity index (χ4v) is 0. The van der Waals surface area contributed by atoms with Crippen molar-refractivity contribution in [2.24, 2.45) is 0 Å². The van der Waals surface area contributed by atoms with Gasteiger partial charge in [0.05, 0.1) is 0 Å². The third kappa shape index (κ3) is 30.2. The smallest absolute Gasteiger partial charge is 1.00 e. The first-order chi connectivity index (χ1) is 0. The molecule has 0 unspecified atom stereocenters. The van der Waals surface area contributed by atoms with Crippen LogP contribution in [0, 0.1) is 0 Å². The van der Waals surface area contributed by atoms with E-state index in [0.717, 1.165) is 0 Å². The SMILES string of the molecule is [Bi+3].[Cs+].[F-].[F-].[F-].[F-]. The molecule has 0 N–H and O–H groups in total. The minimum Gasteiger partial charge on any atom is -1.00 e. The molecule has 0 aliphatic heterocycles. The van der Waals surface area contributed by atoms with Gasteiger partial charge >= 0.3 is 95.1 Å². The minimum atomic E-state index is 0. The molecule has 0 aliphatic carbocycles. The molecule has 0 amide bonds. The maximum absolute atomic E-state index is 0. The molecule has 0 heterocycles. The van der Waals surface area contributed by atoms with Gasteiger partial charge in [0.1, 0.15) is 0 Å². The Balaban J connectivity index is 0. The van der Waals surface area contributed by atoms with Crippen LogP contribution in [0.2, 0.25) is 0 Å². The molecule has 6 heteroatoms. The Morgan fingerprint density at radius 3 is 0.500 bits per heavy atom. The Kier molecular flexibility index (Phi) is 577.